The zero-order chi connectivity index (χ0) is 25.1. The second-order valence-electron chi connectivity index (χ2n) is 9.81. The van der Waals surface area contributed by atoms with E-state index >= 15 is 0 Å². The largest absolute Gasteiger partial charge is 0.494 e. The third kappa shape index (κ3) is 9.61. The van der Waals surface area contributed by atoms with Gasteiger partial charge in [0, 0.05) is 25.9 Å². The maximum atomic E-state index is 12.7. The molecule has 1 N–H and O–H groups in total. The number of ether oxygens (including phenoxy) is 3. The Morgan fingerprint density at radius 3 is 2.32 bits per heavy atom. The molecule has 0 saturated carbocycles. The molecule has 0 unspecified atom stereocenters. The fourth-order valence-corrected chi connectivity index (χ4v) is 3.79. The number of carbonyl (C=O) groups excluding carboxylic acids is 3. The average Bonchev–Trinajstić information content (AvgIpc) is 2.78. The Hall–Kier alpha value is -2.77. The molecular weight excluding hydrogens is 436 g/mol. The van der Waals surface area contributed by atoms with E-state index in [0.717, 1.165) is 37.0 Å². The number of amides is 2. The summed E-state index contributed by atoms with van der Waals surface area (Å²) in [6, 6.07) is 6.79. The quantitative estimate of drug-likeness (QED) is 0.404. The molecule has 0 aromatic heterocycles. The summed E-state index contributed by atoms with van der Waals surface area (Å²) in [5.74, 6) is 0.270. The van der Waals surface area contributed by atoms with Crippen LogP contribution in [-0.2, 0) is 25.5 Å². The van der Waals surface area contributed by atoms with Crippen molar-refractivity contribution >= 4 is 18.0 Å². The fraction of sp³-hybridized carbons (Fsp3) is 0.654. The molecular formula is C26H40N2O6. The minimum atomic E-state index is -0.758. The Morgan fingerprint density at radius 1 is 1.12 bits per heavy atom. The number of hydrogen-bond donors (Lipinski definition) is 1. The van der Waals surface area contributed by atoms with E-state index in [1.807, 2.05) is 45.0 Å². The molecule has 0 spiro atoms. The van der Waals surface area contributed by atoms with Crippen LogP contribution in [0.25, 0.3) is 0 Å². The van der Waals surface area contributed by atoms with Gasteiger partial charge in [0.15, 0.2) is 0 Å². The highest BCUT2D eigenvalue weighted by Crippen LogP contribution is 2.22. The van der Waals surface area contributed by atoms with Crippen molar-refractivity contribution in [2.24, 2.45) is 5.92 Å². The molecule has 8 nitrogen and oxygen atoms in total. The van der Waals surface area contributed by atoms with Gasteiger partial charge in [0.1, 0.15) is 17.4 Å². The number of unbranched alkanes of at least 4 members (excludes halogenated alkanes) is 1. The number of likely N-dealkylation sites (tertiary alicyclic amines) is 1. The van der Waals surface area contributed by atoms with Crippen LogP contribution >= 0.6 is 0 Å². The summed E-state index contributed by atoms with van der Waals surface area (Å²) >= 11 is 0. The third-order valence-electron chi connectivity index (χ3n) is 5.69. The van der Waals surface area contributed by atoms with E-state index in [1.165, 1.54) is 7.11 Å². The first-order valence-corrected chi connectivity index (χ1v) is 12.2. The number of benzene rings is 1. The van der Waals surface area contributed by atoms with Crippen molar-refractivity contribution in [3.63, 3.8) is 0 Å². The van der Waals surface area contributed by atoms with Gasteiger partial charge < -0.3 is 24.4 Å². The molecule has 1 aromatic carbocycles. The molecule has 2 amide bonds. The van der Waals surface area contributed by atoms with Gasteiger partial charge in [-0.05, 0) is 63.6 Å². The smallest absolute Gasteiger partial charge is 0.410 e. The van der Waals surface area contributed by atoms with Crippen LogP contribution < -0.4 is 10.1 Å². The van der Waals surface area contributed by atoms with Gasteiger partial charge in [-0.1, -0.05) is 25.5 Å². The molecule has 1 aliphatic rings. The van der Waals surface area contributed by atoms with Crippen molar-refractivity contribution in [3.05, 3.63) is 29.8 Å². The predicted molar refractivity (Wildman–Crippen MR) is 130 cm³/mol. The molecule has 1 aliphatic heterocycles. The molecule has 2 rings (SSSR count). The fourth-order valence-electron chi connectivity index (χ4n) is 3.79. The summed E-state index contributed by atoms with van der Waals surface area (Å²) in [6.45, 7) is 9.42. The lowest BCUT2D eigenvalue weighted by molar-refractivity contribution is -0.145. The number of nitrogens with one attached hydrogen (secondary N) is 1. The van der Waals surface area contributed by atoms with Crippen molar-refractivity contribution in [1.29, 1.82) is 0 Å². The number of piperidine rings is 1. The van der Waals surface area contributed by atoms with Crippen LogP contribution in [0, 0.1) is 5.92 Å². The second-order valence-corrected chi connectivity index (χ2v) is 9.81. The lowest BCUT2D eigenvalue weighted by atomic mass is 9.93. The Kier molecular flexibility index (Phi) is 10.7. The van der Waals surface area contributed by atoms with E-state index in [-0.39, 0.29) is 17.9 Å². The molecule has 1 aromatic rings. The van der Waals surface area contributed by atoms with Crippen molar-refractivity contribution < 1.29 is 28.6 Å². The zero-order valence-electron chi connectivity index (χ0n) is 21.2. The summed E-state index contributed by atoms with van der Waals surface area (Å²) in [5, 5.41) is 2.84. The molecule has 1 saturated heterocycles. The molecule has 34 heavy (non-hydrogen) atoms. The van der Waals surface area contributed by atoms with Crippen LogP contribution in [0.3, 0.4) is 0 Å². The van der Waals surface area contributed by atoms with Gasteiger partial charge in [0.25, 0.3) is 0 Å². The highest BCUT2D eigenvalue weighted by Gasteiger charge is 2.29. The maximum Gasteiger partial charge on any atom is 0.410 e. The lowest BCUT2D eigenvalue weighted by Crippen LogP contribution is -2.45. The van der Waals surface area contributed by atoms with Crippen LogP contribution in [0.2, 0.25) is 0 Å². The summed E-state index contributed by atoms with van der Waals surface area (Å²) in [5.41, 5.74) is 0.378. The predicted octanol–water partition coefficient (Wildman–Crippen LogP) is 4.10. The Bertz CT molecular complexity index is 795. The van der Waals surface area contributed by atoms with Gasteiger partial charge in [-0.25, -0.2) is 9.59 Å². The van der Waals surface area contributed by atoms with Gasteiger partial charge in [0.05, 0.1) is 13.7 Å². The Labute approximate surface area is 203 Å². The lowest BCUT2D eigenvalue weighted by Gasteiger charge is -2.33. The van der Waals surface area contributed by atoms with Crippen LogP contribution in [0.15, 0.2) is 24.3 Å². The number of hydrogen-bond acceptors (Lipinski definition) is 6. The van der Waals surface area contributed by atoms with Crippen LogP contribution in [0.1, 0.15) is 65.4 Å². The second kappa shape index (κ2) is 13.2. The summed E-state index contributed by atoms with van der Waals surface area (Å²) in [6.07, 6.45) is 3.83. The first-order valence-electron chi connectivity index (χ1n) is 12.2. The molecule has 1 atom stereocenters. The van der Waals surface area contributed by atoms with E-state index in [0.29, 0.717) is 32.5 Å². The van der Waals surface area contributed by atoms with Gasteiger partial charge in [-0.15, -0.1) is 0 Å². The minimum Gasteiger partial charge on any atom is -0.494 e. The van der Waals surface area contributed by atoms with E-state index in [2.05, 4.69) is 12.2 Å². The van der Waals surface area contributed by atoms with Gasteiger partial charge >= 0.3 is 12.1 Å². The normalized spacial score (nSPS) is 15.4. The number of nitrogens with zero attached hydrogens (tertiary/aromatic N) is 1. The average molecular weight is 477 g/mol. The molecule has 8 heteroatoms. The van der Waals surface area contributed by atoms with E-state index in [9.17, 15) is 14.4 Å². The number of esters is 1. The molecule has 0 aliphatic carbocycles. The Morgan fingerprint density at radius 2 is 1.76 bits per heavy atom. The highest BCUT2D eigenvalue weighted by atomic mass is 16.6. The van der Waals surface area contributed by atoms with Gasteiger partial charge in [0.2, 0.25) is 5.91 Å². The summed E-state index contributed by atoms with van der Waals surface area (Å²) in [7, 11) is 1.32. The van der Waals surface area contributed by atoms with Gasteiger partial charge in [-0.2, -0.15) is 0 Å². The first-order chi connectivity index (χ1) is 16.1. The molecule has 190 valence electrons. The zero-order valence-corrected chi connectivity index (χ0v) is 21.2. The Balaban J connectivity index is 1.84. The van der Waals surface area contributed by atoms with Gasteiger partial charge in [-0.3, -0.25) is 4.79 Å². The number of rotatable bonds is 10. The standard InChI is InChI=1S/C26H40N2O6/c1-6-7-16-33-21-10-8-19(9-11-21)17-22(24(30)32-5)27-23(29)18-20-12-14-28(15-13-20)25(31)34-26(2,3)4/h8-11,20,22H,6-7,12-18H2,1-5H3,(H,27,29)/t22-/m0/s1. The van der Waals surface area contributed by atoms with Crippen molar-refractivity contribution in [3.8, 4) is 5.75 Å². The summed E-state index contributed by atoms with van der Waals surface area (Å²) < 4.78 is 16.0. The van der Waals surface area contributed by atoms with Crippen molar-refractivity contribution in [2.45, 2.75) is 77.9 Å². The van der Waals surface area contributed by atoms with Crippen molar-refractivity contribution in [2.75, 3.05) is 26.8 Å². The number of methoxy groups -OCH3 is 1. The first kappa shape index (κ1) is 27.5. The maximum absolute atomic E-state index is 12.7. The van der Waals surface area contributed by atoms with Crippen LogP contribution in [0.4, 0.5) is 4.79 Å². The molecule has 0 bridgehead atoms. The molecule has 1 fully saturated rings. The molecule has 0 radical (unpaired) electrons. The third-order valence-corrected chi connectivity index (χ3v) is 5.69. The van der Waals surface area contributed by atoms with Crippen LogP contribution in [0.5, 0.6) is 5.75 Å². The molecule has 1 heterocycles. The van der Waals surface area contributed by atoms with Crippen molar-refractivity contribution in [1.82, 2.24) is 10.2 Å². The van der Waals surface area contributed by atoms with E-state index < -0.39 is 17.6 Å². The van der Waals surface area contributed by atoms with E-state index in [1.54, 1.807) is 4.90 Å². The monoisotopic (exact) mass is 476 g/mol. The minimum absolute atomic E-state index is 0.150. The SMILES string of the molecule is CCCCOc1ccc(C[C@H](NC(=O)CC2CCN(C(=O)OC(C)(C)C)CC2)C(=O)OC)cc1. The van der Waals surface area contributed by atoms with Crippen LogP contribution in [-0.4, -0.2) is 61.3 Å². The number of carbonyl (C=O) groups is 3. The topological polar surface area (TPSA) is 94.2 Å². The van der Waals surface area contributed by atoms with E-state index in [4.69, 9.17) is 14.2 Å². The highest BCUT2D eigenvalue weighted by molar-refractivity contribution is 5.84. The summed E-state index contributed by atoms with van der Waals surface area (Å²) in [4.78, 5) is 38.9.